The second-order valence-electron chi connectivity index (χ2n) is 4.97. The average molecular weight is 366 g/mol. The van der Waals surface area contributed by atoms with Gasteiger partial charge < -0.3 is 20.3 Å². The van der Waals surface area contributed by atoms with Gasteiger partial charge in [0.05, 0.1) is 6.61 Å². The molecule has 1 amide bonds. The van der Waals surface area contributed by atoms with Crippen LogP contribution in [0.3, 0.4) is 0 Å². The lowest BCUT2D eigenvalue weighted by molar-refractivity contribution is 0.0947. The predicted molar refractivity (Wildman–Crippen MR) is 95.1 cm³/mol. The van der Waals surface area contributed by atoms with E-state index in [0.717, 1.165) is 25.5 Å². The van der Waals surface area contributed by atoms with Crippen molar-refractivity contribution in [2.45, 2.75) is 12.8 Å². The van der Waals surface area contributed by atoms with Crippen molar-refractivity contribution < 1.29 is 9.53 Å². The van der Waals surface area contributed by atoms with Crippen LogP contribution < -0.4 is 15.5 Å². The van der Waals surface area contributed by atoms with Gasteiger partial charge >= 0.3 is 0 Å². The van der Waals surface area contributed by atoms with Gasteiger partial charge in [-0.2, -0.15) is 0 Å². The second-order valence-corrected chi connectivity index (χ2v) is 4.97. The fraction of sp³-hybridized carbons (Fsp3) is 0.643. The van der Waals surface area contributed by atoms with Gasteiger partial charge in [0.1, 0.15) is 0 Å². The van der Waals surface area contributed by atoms with Crippen molar-refractivity contribution in [2.75, 3.05) is 51.3 Å². The van der Waals surface area contributed by atoms with E-state index >= 15 is 0 Å². The lowest BCUT2D eigenvalue weighted by atomic mass is 10.3. The molecule has 132 valence electrons. The monoisotopic (exact) mass is 365 g/mol. The molecule has 0 bridgehead atoms. The highest BCUT2D eigenvalue weighted by molar-refractivity contribution is 5.92. The third-order valence-electron chi connectivity index (χ3n) is 3.38. The lowest BCUT2D eigenvalue weighted by Gasteiger charge is -2.15. The van der Waals surface area contributed by atoms with E-state index in [4.69, 9.17) is 4.74 Å². The number of carbonyl (C=O) groups is 1. The van der Waals surface area contributed by atoms with Crippen molar-refractivity contribution in [1.82, 2.24) is 20.8 Å². The van der Waals surface area contributed by atoms with Crippen molar-refractivity contribution in [3.63, 3.8) is 0 Å². The molecule has 0 aliphatic carbocycles. The Labute approximate surface area is 149 Å². The van der Waals surface area contributed by atoms with Crippen LogP contribution in [0.15, 0.2) is 12.1 Å². The van der Waals surface area contributed by atoms with Crippen LogP contribution in [0.2, 0.25) is 0 Å². The minimum Gasteiger partial charge on any atom is -0.383 e. The number of amides is 1. The van der Waals surface area contributed by atoms with E-state index in [0.29, 0.717) is 25.4 Å². The van der Waals surface area contributed by atoms with Gasteiger partial charge in [0.2, 0.25) is 0 Å². The predicted octanol–water partition coefficient (Wildman–Crippen LogP) is 0.886. The first-order valence-electron chi connectivity index (χ1n) is 7.38. The number of aromatic nitrogens is 2. The highest BCUT2D eigenvalue weighted by Gasteiger charge is 2.15. The number of anilines is 1. The highest BCUT2D eigenvalue weighted by atomic mass is 35.5. The molecule has 9 heteroatoms. The van der Waals surface area contributed by atoms with E-state index in [1.807, 2.05) is 6.07 Å². The van der Waals surface area contributed by atoms with E-state index < -0.39 is 0 Å². The van der Waals surface area contributed by atoms with Crippen molar-refractivity contribution in [1.29, 1.82) is 0 Å². The molecule has 2 rings (SSSR count). The summed E-state index contributed by atoms with van der Waals surface area (Å²) in [6, 6.07) is 3.60. The standard InChI is InChI=1S/C14H23N5O2.2ClH/c1-21-11-8-15-6-7-16-14(20)12-4-5-13(18-17-12)19-9-2-3-10-19;;/h4-5,15H,2-3,6-11H2,1H3,(H,16,20);2*1H. The van der Waals surface area contributed by atoms with E-state index in [9.17, 15) is 4.79 Å². The molecule has 0 aromatic carbocycles. The molecular weight excluding hydrogens is 341 g/mol. The van der Waals surface area contributed by atoms with Crippen LogP contribution in [0.5, 0.6) is 0 Å². The van der Waals surface area contributed by atoms with Crippen LogP contribution >= 0.6 is 24.8 Å². The summed E-state index contributed by atoms with van der Waals surface area (Å²) in [6.45, 7) is 4.74. The zero-order valence-corrected chi connectivity index (χ0v) is 14.9. The fourth-order valence-electron chi connectivity index (χ4n) is 2.22. The Morgan fingerprint density at radius 2 is 1.91 bits per heavy atom. The van der Waals surface area contributed by atoms with Crippen molar-refractivity contribution >= 4 is 36.5 Å². The largest absolute Gasteiger partial charge is 0.383 e. The Kier molecular flexibility index (Phi) is 11.7. The van der Waals surface area contributed by atoms with E-state index in [2.05, 4.69) is 25.7 Å². The van der Waals surface area contributed by atoms with Gasteiger partial charge in [0.25, 0.3) is 5.91 Å². The molecule has 1 fully saturated rings. The number of hydrogen-bond donors (Lipinski definition) is 2. The number of carbonyl (C=O) groups excluding carboxylic acids is 1. The van der Waals surface area contributed by atoms with Crippen LogP contribution in [0.1, 0.15) is 23.3 Å². The van der Waals surface area contributed by atoms with Gasteiger partial charge in [-0.25, -0.2) is 0 Å². The van der Waals surface area contributed by atoms with Crippen LogP contribution in [-0.4, -0.2) is 62.5 Å². The Morgan fingerprint density at radius 3 is 2.52 bits per heavy atom. The molecule has 0 unspecified atom stereocenters. The van der Waals surface area contributed by atoms with Gasteiger partial charge in [0, 0.05) is 39.8 Å². The topological polar surface area (TPSA) is 79.4 Å². The second kappa shape index (κ2) is 12.3. The molecule has 23 heavy (non-hydrogen) atoms. The summed E-state index contributed by atoms with van der Waals surface area (Å²) >= 11 is 0. The molecule has 0 saturated carbocycles. The minimum absolute atomic E-state index is 0. The minimum atomic E-state index is -0.191. The van der Waals surface area contributed by atoms with Crippen LogP contribution in [-0.2, 0) is 4.74 Å². The van der Waals surface area contributed by atoms with Gasteiger partial charge in [-0.3, -0.25) is 4.79 Å². The normalized spacial score (nSPS) is 13.2. The molecule has 0 radical (unpaired) electrons. The van der Waals surface area contributed by atoms with Gasteiger partial charge in [-0.15, -0.1) is 35.0 Å². The highest BCUT2D eigenvalue weighted by Crippen LogP contribution is 2.16. The quantitative estimate of drug-likeness (QED) is 0.666. The van der Waals surface area contributed by atoms with Gasteiger partial charge in [0.15, 0.2) is 11.5 Å². The number of nitrogens with one attached hydrogen (secondary N) is 2. The van der Waals surface area contributed by atoms with E-state index in [1.165, 1.54) is 12.8 Å². The molecule has 1 aromatic heterocycles. The number of rotatable bonds is 8. The summed E-state index contributed by atoms with van der Waals surface area (Å²) < 4.78 is 4.92. The van der Waals surface area contributed by atoms with Crippen molar-refractivity contribution in [2.24, 2.45) is 0 Å². The summed E-state index contributed by atoms with van der Waals surface area (Å²) in [7, 11) is 1.66. The maximum atomic E-state index is 11.9. The first-order valence-corrected chi connectivity index (χ1v) is 7.38. The third kappa shape index (κ3) is 7.30. The molecule has 1 aliphatic heterocycles. The maximum absolute atomic E-state index is 11.9. The first-order chi connectivity index (χ1) is 10.3. The van der Waals surface area contributed by atoms with Crippen LogP contribution in [0.4, 0.5) is 5.82 Å². The molecule has 1 saturated heterocycles. The Morgan fingerprint density at radius 1 is 1.17 bits per heavy atom. The number of ether oxygens (including phenoxy) is 1. The third-order valence-corrected chi connectivity index (χ3v) is 3.38. The first kappa shape index (κ1) is 21.9. The zero-order chi connectivity index (χ0) is 14.9. The Balaban J connectivity index is 0.00000242. The molecule has 0 spiro atoms. The summed E-state index contributed by atoms with van der Waals surface area (Å²) in [5.74, 6) is 0.661. The Hall–Kier alpha value is -1.15. The van der Waals surface area contributed by atoms with Gasteiger partial charge in [-0.1, -0.05) is 0 Å². The molecule has 1 aromatic rings. The number of halogens is 2. The molecular formula is C14H25Cl2N5O2. The van der Waals surface area contributed by atoms with Crippen molar-refractivity contribution in [3.05, 3.63) is 17.8 Å². The zero-order valence-electron chi connectivity index (χ0n) is 13.3. The lowest BCUT2D eigenvalue weighted by Crippen LogP contribution is -2.33. The molecule has 7 nitrogen and oxygen atoms in total. The maximum Gasteiger partial charge on any atom is 0.271 e. The molecule has 0 atom stereocenters. The summed E-state index contributed by atoms with van der Waals surface area (Å²) in [5.41, 5.74) is 0.356. The smallest absolute Gasteiger partial charge is 0.271 e. The summed E-state index contributed by atoms with van der Waals surface area (Å²) in [6.07, 6.45) is 2.39. The van der Waals surface area contributed by atoms with E-state index in [1.54, 1.807) is 13.2 Å². The van der Waals surface area contributed by atoms with Gasteiger partial charge in [-0.05, 0) is 25.0 Å². The fourth-order valence-corrected chi connectivity index (χ4v) is 2.22. The van der Waals surface area contributed by atoms with Crippen LogP contribution in [0, 0.1) is 0 Å². The SMILES string of the molecule is COCCNCCNC(=O)c1ccc(N2CCCC2)nn1.Cl.Cl. The molecule has 2 N–H and O–H groups in total. The number of hydrogen-bond acceptors (Lipinski definition) is 6. The summed E-state index contributed by atoms with van der Waals surface area (Å²) in [4.78, 5) is 14.1. The number of nitrogens with zero attached hydrogens (tertiary/aromatic N) is 3. The summed E-state index contributed by atoms with van der Waals surface area (Å²) in [5, 5.41) is 14.1. The van der Waals surface area contributed by atoms with Crippen LogP contribution in [0.25, 0.3) is 0 Å². The average Bonchev–Trinajstić information content (AvgIpc) is 3.05. The molecule has 2 heterocycles. The molecule has 1 aliphatic rings. The van der Waals surface area contributed by atoms with Crippen molar-refractivity contribution in [3.8, 4) is 0 Å². The number of methoxy groups -OCH3 is 1. The van der Waals surface area contributed by atoms with E-state index in [-0.39, 0.29) is 30.7 Å². The Bertz CT molecular complexity index is 441.